The van der Waals surface area contributed by atoms with Crippen LogP contribution in [0.4, 0.5) is 11.4 Å². The molecule has 38 heavy (non-hydrogen) atoms. The molecule has 3 rings (SSSR count). The quantitative estimate of drug-likeness (QED) is 0.169. The number of rotatable bonds is 14. The fourth-order valence-electron chi connectivity index (χ4n) is 4.40. The highest BCUT2D eigenvalue weighted by Crippen LogP contribution is 2.22. The fourth-order valence-corrected chi connectivity index (χ4v) is 4.40. The molecule has 2 atom stereocenters. The van der Waals surface area contributed by atoms with E-state index in [0.717, 1.165) is 36.8 Å². The number of nitrogens with two attached hydrogens (primary N) is 2. The van der Waals surface area contributed by atoms with Crippen molar-refractivity contribution in [2.45, 2.75) is 77.3 Å². The molecule has 0 aliphatic rings. The van der Waals surface area contributed by atoms with Crippen molar-refractivity contribution < 1.29 is 9.59 Å². The van der Waals surface area contributed by atoms with E-state index >= 15 is 0 Å². The molecule has 0 aromatic heterocycles. The number of unbranched alkanes of at least 4 members (excludes halogenated alkanes) is 4. The van der Waals surface area contributed by atoms with Gasteiger partial charge in [0.15, 0.2) is 0 Å². The molecular formula is C32H42N4O2. The van der Waals surface area contributed by atoms with Crippen LogP contribution in [0.1, 0.15) is 109 Å². The molecule has 2 unspecified atom stereocenters. The van der Waals surface area contributed by atoms with Gasteiger partial charge in [0.05, 0.1) is 0 Å². The Kier molecular flexibility index (Phi) is 11.5. The second-order valence-electron chi connectivity index (χ2n) is 9.94. The van der Waals surface area contributed by atoms with Gasteiger partial charge in [-0.15, -0.1) is 0 Å². The van der Waals surface area contributed by atoms with Crippen molar-refractivity contribution in [3.63, 3.8) is 0 Å². The zero-order chi connectivity index (χ0) is 27.3. The Bertz CT molecular complexity index is 1070. The van der Waals surface area contributed by atoms with Crippen molar-refractivity contribution in [1.29, 1.82) is 0 Å². The summed E-state index contributed by atoms with van der Waals surface area (Å²) in [6.07, 6.45) is 8.82. The lowest BCUT2D eigenvalue weighted by Crippen LogP contribution is -2.16. The first-order valence-corrected chi connectivity index (χ1v) is 13.8. The smallest absolute Gasteiger partial charge is 0.255 e. The summed E-state index contributed by atoms with van der Waals surface area (Å²) in [4.78, 5) is 25.7. The number of benzene rings is 3. The molecule has 202 valence electrons. The first-order chi connectivity index (χ1) is 18.4. The van der Waals surface area contributed by atoms with Gasteiger partial charge in [-0.3, -0.25) is 9.59 Å². The van der Waals surface area contributed by atoms with E-state index in [4.69, 9.17) is 11.5 Å². The molecule has 0 aliphatic heterocycles. The van der Waals surface area contributed by atoms with Crippen molar-refractivity contribution in [2.75, 3.05) is 10.6 Å². The second-order valence-corrected chi connectivity index (χ2v) is 9.94. The summed E-state index contributed by atoms with van der Waals surface area (Å²) >= 11 is 0. The molecule has 0 saturated heterocycles. The highest BCUT2D eigenvalue weighted by molar-refractivity contribution is 6.08. The van der Waals surface area contributed by atoms with Gasteiger partial charge in [0.2, 0.25) is 0 Å². The Morgan fingerprint density at radius 3 is 1.39 bits per heavy atom. The van der Waals surface area contributed by atoms with Crippen LogP contribution < -0.4 is 22.1 Å². The van der Waals surface area contributed by atoms with E-state index in [9.17, 15) is 9.59 Å². The van der Waals surface area contributed by atoms with Crippen LogP contribution in [0.3, 0.4) is 0 Å². The van der Waals surface area contributed by atoms with Gasteiger partial charge < -0.3 is 22.1 Å². The van der Waals surface area contributed by atoms with E-state index < -0.39 is 0 Å². The summed E-state index contributed by atoms with van der Waals surface area (Å²) in [7, 11) is 0. The SMILES string of the molecule is CCCCCC(N)c1ccc(NC(=O)c2cccc(C(=O)Nc3ccc(C(N)CCCCC)cc3)c2)cc1. The average molecular weight is 515 g/mol. The topological polar surface area (TPSA) is 110 Å². The maximum Gasteiger partial charge on any atom is 0.255 e. The highest BCUT2D eigenvalue weighted by atomic mass is 16.2. The summed E-state index contributed by atoms with van der Waals surface area (Å²) in [5.41, 5.74) is 16.9. The molecule has 0 saturated carbocycles. The van der Waals surface area contributed by atoms with Gasteiger partial charge in [-0.2, -0.15) is 0 Å². The lowest BCUT2D eigenvalue weighted by atomic mass is 10.0. The van der Waals surface area contributed by atoms with Gasteiger partial charge in [-0.05, 0) is 66.4 Å². The molecule has 3 aromatic rings. The van der Waals surface area contributed by atoms with E-state index in [1.165, 1.54) is 25.7 Å². The van der Waals surface area contributed by atoms with Crippen LogP contribution >= 0.6 is 0 Å². The minimum absolute atomic E-state index is 0.000211. The average Bonchev–Trinajstić information content (AvgIpc) is 2.94. The molecule has 0 fully saturated rings. The molecule has 3 aromatic carbocycles. The largest absolute Gasteiger partial charge is 0.324 e. The van der Waals surface area contributed by atoms with Crippen molar-refractivity contribution >= 4 is 23.2 Å². The molecule has 0 radical (unpaired) electrons. The van der Waals surface area contributed by atoms with Crippen molar-refractivity contribution in [2.24, 2.45) is 11.5 Å². The molecule has 0 aliphatic carbocycles. The predicted molar refractivity (Wildman–Crippen MR) is 157 cm³/mol. The number of amides is 2. The Balaban J connectivity index is 1.57. The summed E-state index contributed by atoms with van der Waals surface area (Å²) in [5, 5.41) is 5.81. The second kappa shape index (κ2) is 15.1. The van der Waals surface area contributed by atoms with Crippen molar-refractivity contribution in [3.05, 3.63) is 95.1 Å². The normalized spacial score (nSPS) is 12.5. The first kappa shape index (κ1) is 29.1. The third kappa shape index (κ3) is 8.82. The van der Waals surface area contributed by atoms with E-state index in [-0.39, 0.29) is 23.9 Å². The molecule has 6 N–H and O–H groups in total. The maximum absolute atomic E-state index is 12.9. The van der Waals surface area contributed by atoms with Crippen LogP contribution in [0.25, 0.3) is 0 Å². The predicted octanol–water partition coefficient (Wildman–Crippen LogP) is 7.35. The van der Waals surface area contributed by atoms with Crippen LogP contribution in [0, 0.1) is 0 Å². The summed E-state index contributed by atoms with van der Waals surface area (Å²) in [6, 6.07) is 22.0. The number of hydrogen-bond acceptors (Lipinski definition) is 4. The van der Waals surface area contributed by atoms with E-state index in [1.54, 1.807) is 24.3 Å². The highest BCUT2D eigenvalue weighted by Gasteiger charge is 2.13. The van der Waals surface area contributed by atoms with Crippen LogP contribution in [0.15, 0.2) is 72.8 Å². The van der Waals surface area contributed by atoms with Gasteiger partial charge in [0, 0.05) is 34.6 Å². The molecule has 0 spiro atoms. The minimum atomic E-state index is -0.277. The maximum atomic E-state index is 12.9. The molecule has 6 nitrogen and oxygen atoms in total. The van der Waals surface area contributed by atoms with Crippen molar-refractivity contribution in [3.8, 4) is 0 Å². The number of nitrogens with one attached hydrogen (secondary N) is 2. The molecular weight excluding hydrogens is 472 g/mol. The van der Waals surface area contributed by atoms with E-state index in [0.29, 0.717) is 22.5 Å². The Hall–Kier alpha value is -3.48. The molecule has 6 heteroatoms. The summed E-state index contributed by atoms with van der Waals surface area (Å²) < 4.78 is 0. The Morgan fingerprint density at radius 2 is 1.03 bits per heavy atom. The van der Waals surface area contributed by atoms with E-state index in [1.807, 2.05) is 48.5 Å². The Morgan fingerprint density at radius 1 is 0.632 bits per heavy atom. The lowest BCUT2D eigenvalue weighted by molar-refractivity contribution is 0.102. The first-order valence-electron chi connectivity index (χ1n) is 13.8. The van der Waals surface area contributed by atoms with Crippen LogP contribution in [0.5, 0.6) is 0 Å². The monoisotopic (exact) mass is 514 g/mol. The van der Waals surface area contributed by atoms with Gasteiger partial charge >= 0.3 is 0 Å². The zero-order valence-electron chi connectivity index (χ0n) is 22.7. The van der Waals surface area contributed by atoms with Gasteiger partial charge in [-0.25, -0.2) is 0 Å². The van der Waals surface area contributed by atoms with Gasteiger partial charge in [0.1, 0.15) is 0 Å². The van der Waals surface area contributed by atoms with Crippen LogP contribution in [0.2, 0.25) is 0 Å². The third-order valence-corrected chi connectivity index (χ3v) is 6.82. The van der Waals surface area contributed by atoms with Crippen LogP contribution in [-0.4, -0.2) is 11.8 Å². The van der Waals surface area contributed by atoms with Crippen molar-refractivity contribution in [1.82, 2.24) is 0 Å². The standard InChI is InChI=1S/C32H42N4O2/c1-3-5-7-12-29(33)23-14-18-27(19-15-23)35-31(37)25-10-9-11-26(22-25)32(38)36-28-20-16-24(17-21-28)30(34)13-8-6-4-2/h9-11,14-22,29-30H,3-8,12-13,33-34H2,1-2H3,(H,35,37)(H,36,38). The van der Waals surface area contributed by atoms with Gasteiger partial charge in [-0.1, -0.05) is 82.7 Å². The fraction of sp³-hybridized carbons (Fsp3) is 0.375. The molecule has 2 amide bonds. The Labute approximate surface area is 227 Å². The zero-order valence-corrected chi connectivity index (χ0v) is 22.7. The third-order valence-electron chi connectivity index (χ3n) is 6.82. The number of anilines is 2. The van der Waals surface area contributed by atoms with Gasteiger partial charge in [0.25, 0.3) is 11.8 Å². The van der Waals surface area contributed by atoms with Crippen LogP contribution in [-0.2, 0) is 0 Å². The summed E-state index contributed by atoms with van der Waals surface area (Å²) in [6.45, 7) is 4.35. The number of carbonyl (C=O) groups is 2. The summed E-state index contributed by atoms with van der Waals surface area (Å²) in [5.74, 6) is -0.554. The molecule has 0 bridgehead atoms. The van der Waals surface area contributed by atoms with E-state index in [2.05, 4.69) is 24.5 Å². The minimum Gasteiger partial charge on any atom is -0.324 e. The number of hydrogen-bond donors (Lipinski definition) is 4. The number of carbonyl (C=O) groups excluding carboxylic acids is 2. The lowest BCUT2D eigenvalue weighted by Gasteiger charge is -2.13. The molecule has 0 heterocycles.